The topological polar surface area (TPSA) is 79.0 Å². The summed E-state index contributed by atoms with van der Waals surface area (Å²) in [5.41, 5.74) is 3.30. The quantitative estimate of drug-likeness (QED) is 0.397. The van der Waals surface area contributed by atoms with Crippen LogP contribution in [0.15, 0.2) is 66.7 Å². The maximum absolute atomic E-state index is 13.7. The van der Waals surface area contributed by atoms with Crippen molar-refractivity contribution in [3.63, 3.8) is 0 Å². The van der Waals surface area contributed by atoms with E-state index >= 15 is 0 Å². The second-order valence-electron chi connectivity index (χ2n) is 7.32. The number of hydrogen-bond acceptors (Lipinski definition) is 3. The van der Waals surface area contributed by atoms with Crippen LogP contribution in [0.25, 0.3) is 22.0 Å². The number of amides is 2. The fourth-order valence-electron chi connectivity index (χ4n) is 3.49. The zero-order valence-electron chi connectivity index (χ0n) is 17.3. The molecule has 0 saturated carbocycles. The molecule has 4 rings (SSSR count). The summed E-state index contributed by atoms with van der Waals surface area (Å²) >= 11 is 0. The van der Waals surface area contributed by atoms with Crippen LogP contribution in [0.5, 0.6) is 5.75 Å². The zero-order valence-corrected chi connectivity index (χ0v) is 17.3. The fraction of sp³-hybridized carbons (Fsp3) is 0.167. The molecular formula is C24H23FN4O2. The van der Waals surface area contributed by atoms with E-state index in [0.717, 1.165) is 22.0 Å². The van der Waals surface area contributed by atoms with E-state index in [1.54, 1.807) is 13.2 Å². The highest BCUT2D eigenvalue weighted by Gasteiger charge is 2.13. The Morgan fingerprint density at radius 1 is 1.13 bits per heavy atom. The van der Waals surface area contributed by atoms with E-state index in [2.05, 4.69) is 27.8 Å². The number of ether oxygens (including phenoxy) is 1. The number of anilines is 1. The molecule has 1 unspecified atom stereocenters. The molecule has 6 nitrogen and oxygen atoms in total. The van der Waals surface area contributed by atoms with Gasteiger partial charge in [-0.15, -0.1) is 0 Å². The van der Waals surface area contributed by atoms with Gasteiger partial charge >= 0.3 is 6.03 Å². The lowest BCUT2D eigenvalue weighted by atomic mass is 10.0. The smallest absolute Gasteiger partial charge is 0.320 e. The Hall–Kier alpha value is -3.87. The first-order valence-electron chi connectivity index (χ1n) is 9.97. The van der Waals surface area contributed by atoms with Gasteiger partial charge in [-0.05, 0) is 47.4 Å². The van der Waals surface area contributed by atoms with Crippen molar-refractivity contribution in [3.05, 3.63) is 78.1 Å². The van der Waals surface area contributed by atoms with Crippen LogP contribution in [-0.2, 0) is 0 Å². The lowest BCUT2D eigenvalue weighted by molar-refractivity contribution is 0.251. The molecule has 4 aromatic rings. The van der Waals surface area contributed by atoms with Crippen LogP contribution < -0.4 is 15.4 Å². The minimum absolute atomic E-state index is 0.187. The maximum atomic E-state index is 13.7. The maximum Gasteiger partial charge on any atom is 0.320 e. The molecule has 2 amide bonds. The van der Waals surface area contributed by atoms with Gasteiger partial charge in [0.05, 0.1) is 12.6 Å². The third-order valence-electron chi connectivity index (χ3n) is 5.20. The SMILES string of the molecule is COc1ccc(F)cc1-c1ccc2c(NC(=O)NCC(C)c3ccccc3)n[nH]c2c1. The first-order chi connectivity index (χ1) is 15.0. The van der Waals surface area contributed by atoms with Gasteiger partial charge < -0.3 is 10.1 Å². The van der Waals surface area contributed by atoms with Crippen molar-refractivity contribution in [2.75, 3.05) is 19.0 Å². The number of carbonyl (C=O) groups is 1. The highest BCUT2D eigenvalue weighted by Crippen LogP contribution is 2.33. The third kappa shape index (κ3) is 4.50. The molecule has 1 heterocycles. The highest BCUT2D eigenvalue weighted by atomic mass is 19.1. The number of rotatable bonds is 6. The number of halogens is 1. The van der Waals surface area contributed by atoms with Crippen LogP contribution in [0.3, 0.4) is 0 Å². The fourth-order valence-corrected chi connectivity index (χ4v) is 3.49. The van der Waals surface area contributed by atoms with Gasteiger partial charge in [0.1, 0.15) is 11.6 Å². The van der Waals surface area contributed by atoms with Crippen LogP contribution in [0.2, 0.25) is 0 Å². The minimum atomic E-state index is -0.343. The Bertz CT molecular complexity index is 1210. The minimum Gasteiger partial charge on any atom is -0.496 e. The monoisotopic (exact) mass is 418 g/mol. The van der Waals surface area contributed by atoms with Crippen LogP contribution >= 0.6 is 0 Å². The number of aromatic nitrogens is 2. The van der Waals surface area contributed by atoms with Crippen LogP contribution in [0, 0.1) is 5.82 Å². The molecule has 0 aliphatic rings. The molecule has 1 aromatic heterocycles. The van der Waals surface area contributed by atoms with Crippen molar-refractivity contribution in [1.29, 1.82) is 0 Å². The van der Waals surface area contributed by atoms with Gasteiger partial charge in [0.25, 0.3) is 0 Å². The Labute approximate surface area is 179 Å². The van der Waals surface area contributed by atoms with E-state index in [9.17, 15) is 9.18 Å². The largest absolute Gasteiger partial charge is 0.496 e. The lowest BCUT2D eigenvalue weighted by Crippen LogP contribution is -2.31. The number of nitrogens with one attached hydrogen (secondary N) is 3. The summed E-state index contributed by atoms with van der Waals surface area (Å²) in [5.74, 6) is 0.846. The summed E-state index contributed by atoms with van der Waals surface area (Å²) in [6, 6.07) is 19.6. The molecule has 0 fully saturated rings. The molecule has 0 spiro atoms. The molecule has 3 N–H and O–H groups in total. The van der Waals surface area contributed by atoms with Crippen molar-refractivity contribution < 1.29 is 13.9 Å². The van der Waals surface area contributed by atoms with Crippen molar-refractivity contribution >= 4 is 22.8 Å². The standard InChI is InChI=1S/C24H23FN4O2/c1-15(16-6-4-3-5-7-16)14-26-24(30)27-23-19-10-8-17(12-21(19)28-29-23)20-13-18(25)9-11-22(20)31-2/h3-13,15H,14H2,1-2H3,(H3,26,27,28,29,30). The number of urea groups is 1. The molecule has 3 aromatic carbocycles. The summed E-state index contributed by atoms with van der Waals surface area (Å²) in [6.45, 7) is 2.56. The Morgan fingerprint density at radius 2 is 1.94 bits per heavy atom. The highest BCUT2D eigenvalue weighted by molar-refractivity contribution is 6.00. The summed E-state index contributed by atoms with van der Waals surface area (Å²) in [6.07, 6.45) is 0. The number of aromatic amines is 1. The number of fused-ring (bicyclic) bond motifs is 1. The van der Waals surface area contributed by atoms with Crippen molar-refractivity contribution in [1.82, 2.24) is 15.5 Å². The van der Waals surface area contributed by atoms with E-state index in [4.69, 9.17) is 4.74 Å². The first-order valence-corrected chi connectivity index (χ1v) is 9.97. The molecule has 31 heavy (non-hydrogen) atoms. The first kappa shape index (κ1) is 20.4. The van der Waals surface area contributed by atoms with Crippen molar-refractivity contribution in [3.8, 4) is 16.9 Å². The van der Waals surface area contributed by atoms with E-state index in [1.807, 2.05) is 48.5 Å². The van der Waals surface area contributed by atoms with E-state index < -0.39 is 0 Å². The number of H-pyrrole nitrogens is 1. The number of hydrogen-bond donors (Lipinski definition) is 3. The van der Waals surface area contributed by atoms with E-state index in [1.165, 1.54) is 12.1 Å². The average molecular weight is 418 g/mol. The summed E-state index contributed by atoms with van der Waals surface area (Å²) in [7, 11) is 1.55. The second-order valence-corrected chi connectivity index (χ2v) is 7.32. The number of benzene rings is 3. The molecule has 7 heteroatoms. The van der Waals surface area contributed by atoms with E-state index in [0.29, 0.717) is 23.7 Å². The predicted octanol–water partition coefficient (Wildman–Crippen LogP) is 5.30. The van der Waals surface area contributed by atoms with Crippen LogP contribution in [0.4, 0.5) is 15.0 Å². The van der Waals surface area contributed by atoms with Gasteiger partial charge in [-0.25, -0.2) is 9.18 Å². The molecule has 0 saturated heterocycles. The molecular weight excluding hydrogens is 395 g/mol. The number of nitrogens with zero attached hydrogens (tertiary/aromatic N) is 1. The molecule has 1 atom stereocenters. The van der Waals surface area contributed by atoms with Gasteiger partial charge in [0, 0.05) is 17.5 Å². The number of carbonyl (C=O) groups excluding carboxylic acids is 1. The van der Waals surface area contributed by atoms with Crippen LogP contribution in [0.1, 0.15) is 18.4 Å². The molecule has 0 aliphatic carbocycles. The van der Waals surface area contributed by atoms with Gasteiger partial charge in [-0.1, -0.05) is 43.3 Å². The number of methoxy groups -OCH3 is 1. The lowest BCUT2D eigenvalue weighted by Gasteiger charge is -2.13. The van der Waals surface area contributed by atoms with Gasteiger partial charge in [0.2, 0.25) is 0 Å². The molecule has 0 aliphatic heterocycles. The Balaban J connectivity index is 1.47. The molecule has 0 radical (unpaired) electrons. The normalized spacial score (nSPS) is 11.8. The summed E-state index contributed by atoms with van der Waals surface area (Å²) < 4.78 is 19.1. The molecule has 158 valence electrons. The van der Waals surface area contributed by atoms with Crippen molar-refractivity contribution in [2.24, 2.45) is 0 Å². The summed E-state index contributed by atoms with van der Waals surface area (Å²) in [4.78, 5) is 12.4. The molecule has 0 bridgehead atoms. The average Bonchev–Trinajstić information content (AvgIpc) is 3.19. The van der Waals surface area contributed by atoms with Crippen molar-refractivity contribution in [2.45, 2.75) is 12.8 Å². The van der Waals surface area contributed by atoms with Crippen LogP contribution in [-0.4, -0.2) is 29.9 Å². The van der Waals surface area contributed by atoms with Gasteiger partial charge in [0.15, 0.2) is 5.82 Å². The third-order valence-corrected chi connectivity index (χ3v) is 5.20. The predicted molar refractivity (Wildman–Crippen MR) is 120 cm³/mol. The zero-order chi connectivity index (χ0) is 21.8. The Morgan fingerprint density at radius 3 is 2.71 bits per heavy atom. The van der Waals surface area contributed by atoms with Gasteiger partial charge in [-0.2, -0.15) is 5.10 Å². The second kappa shape index (κ2) is 8.87. The van der Waals surface area contributed by atoms with Gasteiger partial charge in [-0.3, -0.25) is 10.4 Å². The van der Waals surface area contributed by atoms with E-state index in [-0.39, 0.29) is 17.8 Å². The summed E-state index contributed by atoms with van der Waals surface area (Å²) in [5, 5.41) is 13.6. The Kier molecular flexibility index (Phi) is 5.84.